The summed E-state index contributed by atoms with van der Waals surface area (Å²) in [6.07, 6.45) is 0.605. The Balaban J connectivity index is 2.28. The molecule has 0 aromatic carbocycles. The van der Waals surface area contributed by atoms with Crippen LogP contribution in [0, 0.1) is 5.92 Å². The molecule has 4 heteroatoms. The van der Waals surface area contributed by atoms with Crippen molar-refractivity contribution in [3.63, 3.8) is 0 Å². The van der Waals surface area contributed by atoms with Gasteiger partial charge in [-0.15, -0.1) is 0 Å². The average molecular weight is 186 g/mol. The summed E-state index contributed by atoms with van der Waals surface area (Å²) in [6.45, 7) is 3.78. The van der Waals surface area contributed by atoms with Crippen molar-refractivity contribution in [1.82, 2.24) is 10.2 Å². The van der Waals surface area contributed by atoms with Crippen LogP contribution in [0.1, 0.15) is 13.3 Å². The van der Waals surface area contributed by atoms with Crippen molar-refractivity contribution in [2.75, 3.05) is 26.7 Å². The molecule has 1 aliphatic heterocycles. The van der Waals surface area contributed by atoms with E-state index in [0.29, 0.717) is 12.3 Å². The molecular weight excluding hydrogens is 168 g/mol. The first-order chi connectivity index (χ1) is 6.15. The first-order valence-electron chi connectivity index (χ1n) is 4.72. The lowest BCUT2D eigenvalue weighted by atomic mass is 9.98. The number of carbonyl (C=O) groups excluding carboxylic acids is 1. The zero-order valence-corrected chi connectivity index (χ0v) is 8.29. The lowest BCUT2D eigenvalue weighted by molar-refractivity contribution is -0.133. The van der Waals surface area contributed by atoms with Crippen LogP contribution in [0.15, 0.2) is 0 Å². The molecule has 13 heavy (non-hydrogen) atoms. The molecule has 1 rings (SSSR count). The maximum atomic E-state index is 11.5. The van der Waals surface area contributed by atoms with E-state index in [1.54, 1.807) is 11.9 Å². The first-order valence-corrected chi connectivity index (χ1v) is 4.72. The highest BCUT2D eigenvalue weighted by atomic mass is 16.3. The minimum Gasteiger partial charge on any atom is -0.394 e. The van der Waals surface area contributed by atoms with Crippen LogP contribution >= 0.6 is 0 Å². The molecule has 0 spiro atoms. The smallest absolute Gasteiger partial charge is 0.223 e. The van der Waals surface area contributed by atoms with E-state index in [9.17, 15) is 4.79 Å². The molecule has 76 valence electrons. The molecule has 0 radical (unpaired) electrons. The van der Waals surface area contributed by atoms with Gasteiger partial charge in [0.05, 0.1) is 12.6 Å². The fourth-order valence-electron chi connectivity index (χ4n) is 1.25. The standard InChI is InChI=1S/C9H18N2O2/c1-7(6-12)11(2)9(13)3-8-4-10-5-8/h7-8,10,12H,3-6H2,1-2H3. The molecule has 1 amide bonds. The Morgan fingerprint density at radius 3 is 2.69 bits per heavy atom. The molecule has 1 heterocycles. The highest BCUT2D eigenvalue weighted by molar-refractivity contribution is 5.76. The van der Waals surface area contributed by atoms with Gasteiger partial charge in [-0.1, -0.05) is 0 Å². The van der Waals surface area contributed by atoms with Crippen LogP contribution in [-0.4, -0.2) is 48.7 Å². The second-order valence-electron chi connectivity index (χ2n) is 3.76. The Labute approximate surface area is 78.9 Å². The van der Waals surface area contributed by atoms with Crippen LogP contribution in [0.4, 0.5) is 0 Å². The van der Waals surface area contributed by atoms with Gasteiger partial charge in [-0.05, 0) is 25.9 Å². The number of aliphatic hydroxyl groups excluding tert-OH is 1. The van der Waals surface area contributed by atoms with Gasteiger partial charge in [-0.25, -0.2) is 0 Å². The van der Waals surface area contributed by atoms with Crippen LogP contribution < -0.4 is 5.32 Å². The largest absolute Gasteiger partial charge is 0.394 e. The maximum Gasteiger partial charge on any atom is 0.223 e. The van der Waals surface area contributed by atoms with E-state index in [4.69, 9.17) is 5.11 Å². The number of hydrogen-bond donors (Lipinski definition) is 2. The number of amides is 1. The lowest BCUT2D eigenvalue weighted by Gasteiger charge is -2.30. The van der Waals surface area contributed by atoms with Crippen molar-refractivity contribution in [3.8, 4) is 0 Å². The molecule has 1 aliphatic rings. The molecular formula is C9H18N2O2. The van der Waals surface area contributed by atoms with E-state index < -0.39 is 0 Å². The van der Waals surface area contributed by atoms with Crippen molar-refractivity contribution in [2.45, 2.75) is 19.4 Å². The van der Waals surface area contributed by atoms with Crippen molar-refractivity contribution < 1.29 is 9.90 Å². The molecule has 1 saturated heterocycles. The molecule has 0 aromatic rings. The predicted molar refractivity (Wildman–Crippen MR) is 50.3 cm³/mol. The fraction of sp³-hybridized carbons (Fsp3) is 0.889. The molecule has 0 aliphatic carbocycles. The normalized spacial score (nSPS) is 19.3. The van der Waals surface area contributed by atoms with Gasteiger partial charge in [-0.3, -0.25) is 4.79 Å². The summed E-state index contributed by atoms with van der Waals surface area (Å²) in [7, 11) is 1.75. The average Bonchev–Trinajstić information content (AvgIpc) is 2.08. The van der Waals surface area contributed by atoms with Gasteiger partial charge in [0.1, 0.15) is 0 Å². The lowest BCUT2D eigenvalue weighted by Crippen LogP contribution is -2.46. The number of nitrogens with zero attached hydrogens (tertiary/aromatic N) is 1. The van der Waals surface area contributed by atoms with Gasteiger partial charge in [-0.2, -0.15) is 0 Å². The Bertz CT molecular complexity index is 180. The molecule has 0 bridgehead atoms. The fourth-order valence-corrected chi connectivity index (χ4v) is 1.25. The van der Waals surface area contributed by atoms with Gasteiger partial charge >= 0.3 is 0 Å². The van der Waals surface area contributed by atoms with Crippen molar-refractivity contribution >= 4 is 5.91 Å². The van der Waals surface area contributed by atoms with Gasteiger partial charge < -0.3 is 15.3 Å². The highest BCUT2D eigenvalue weighted by Gasteiger charge is 2.23. The monoisotopic (exact) mass is 186 g/mol. The van der Waals surface area contributed by atoms with E-state index in [-0.39, 0.29) is 18.6 Å². The van der Waals surface area contributed by atoms with Crippen LogP contribution in [0.2, 0.25) is 0 Å². The van der Waals surface area contributed by atoms with Crippen LogP contribution in [0.25, 0.3) is 0 Å². The summed E-state index contributed by atoms with van der Waals surface area (Å²) in [5.41, 5.74) is 0. The first kappa shape index (κ1) is 10.5. The summed E-state index contributed by atoms with van der Waals surface area (Å²) in [5, 5.41) is 12.0. The van der Waals surface area contributed by atoms with Crippen molar-refractivity contribution in [3.05, 3.63) is 0 Å². The minimum atomic E-state index is -0.0689. The topological polar surface area (TPSA) is 52.6 Å². The highest BCUT2D eigenvalue weighted by Crippen LogP contribution is 2.10. The minimum absolute atomic E-state index is 0.0329. The number of hydrogen-bond acceptors (Lipinski definition) is 3. The zero-order chi connectivity index (χ0) is 9.84. The molecule has 2 N–H and O–H groups in total. The van der Waals surface area contributed by atoms with E-state index in [2.05, 4.69) is 5.32 Å². The Morgan fingerprint density at radius 2 is 2.31 bits per heavy atom. The molecule has 0 saturated carbocycles. The summed E-state index contributed by atoms with van der Waals surface area (Å²) >= 11 is 0. The van der Waals surface area contributed by atoms with Crippen LogP contribution in [0.3, 0.4) is 0 Å². The Hall–Kier alpha value is -0.610. The van der Waals surface area contributed by atoms with Gasteiger partial charge in [0.15, 0.2) is 0 Å². The second kappa shape index (κ2) is 4.58. The molecule has 4 nitrogen and oxygen atoms in total. The summed E-state index contributed by atoms with van der Waals surface area (Å²) in [6, 6.07) is -0.0689. The van der Waals surface area contributed by atoms with E-state index in [1.807, 2.05) is 6.92 Å². The third-order valence-corrected chi connectivity index (χ3v) is 2.65. The van der Waals surface area contributed by atoms with Gasteiger partial charge in [0, 0.05) is 13.5 Å². The van der Waals surface area contributed by atoms with Gasteiger partial charge in [0.25, 0.3) is 0 Å². The number of rotatable bonds is 4. The molecule has 1 fully saturated rings. The quantitative estimate of drug-likeness (QED) is 0.618. The summed E-state index contributed by atoms with van der Waals surface area (Å²) < 4.78 is 0. The van der Waals surface area contributed by atoms with Crippen molar-refractivity contribution in [1.29, 1.82) is 0 Å². The molecule has 1 unspecified atom stereocenters. The van der Waals surface area contributed by atoms with E-state index >= 15 is 0 Å². The molecule has 1 atom stereocenters. The van der Waals surface area contributed by atoms with Crippen LogP contribution in [0.5, 0.6) is 0 Å². The molecule has 0 aromatic heterocycles. The Morgan fingerprint density at radius 1 is 1.69 bits per heavy atom. The zero-order valence-electron chi connectivity index (χ0n) is 8.29. The Kier molecular flexibility index (Phi) is 3.69. The van der Waals surface area contributed by atoms with Crippen molar-refractivity contribution in [2.24, 2.45) is 5.92 Å². The number of carbonyl (C=O) groups is 1. The summed E-state index contributed by atoms with van der Waals surface area (Å²) in [5.74, 6) is 0.633. The van der Waals surface area contributed by atoms with Gasteiger partial charge in [0.2, 0.25) is 5.91 Å². The van der Waals surface area contributed by atoms with E-state index in [1.165, 1.54) is 0 Å². The number of aliphatic hydroxyl groups is 1. The second-order valence-corrected chi connectivity index (χ2v) is 3.76. The third-order valence-electron chi connectivity index (χ3n) is 2.65. The SMILES string of the molecule is CC(CO)N(C)C(=O)CC1CNC1. The maximum absolute atomic E-state index is 11.5. The number of likely N-dealkylation sites (N-methyl/N-ethyl adjacent to an activating group) is 1. The van der Waals surface area contributed by atoms with Crippen LogP contribution in [-0.2, 0) is 4.79 Å². The third kappa shape index (κ3) is 2.67. The predicted octanol–water partition coefficient (Wildman–Crippen LogP) is -0.565. The van der Waals surface area contributed by atoms with E-state index in [0.717, 1.165) is 13.1 Å². The summed E-state index contributed by atoms with van der Waals surface area (Å²) in [4.78, 5) is 13.2. The number of nitrogens with one attached hydrogen (secondary N) is 1.